The monoisotopic (exact) mass is 439 g/mol. The molecule has 1 aromatic carbocycles. The molecule has 0 saturated carbocycles. The number of alkyl halides is 2. The number of nitrogens with zero attached hydrogens (tertiary/aromatic N) is 1. The minimum Gasteiger partial charge on any atom is -0.434 e. The van der Waals surface area contributed by atoms with E-state index in [9.17, 15) is 22.8 Å². The van der Waals surface area contributed by atoms with E-state index in [-0.39, 0.29) is 29.0 Å². The molecule has 3 unspecified atom stereocenters. The van der Waals surface area contributed by atoms with E-state index in [0.29, 0.717) is 18.0 Å². The molecular formula is C21H24F3N3O4. The van der Waals surface area contributed by atoms with Crippen LogP contribution in [0.3, 0.4) is 0 Å². The molecule has 10 heteroatoms. The lowest BCUT2D eigenvalue weighted by Gasteiger charge is -2.11. The maximum absolute atomic E-state index is 12.7. The number of hydrogen-bond donors (Lipinski definition) is 2. The van der Waals surface area contributed by atoms with E-state index < -0.39 is 24.4 Å². The van der Waals surface area contributed by atoms with Gasteiger partial charge in [-0.15, -0.1) is 0 Å². The standard InChI is InChI=1S/C13H17N3O3.C8H7F3O/c1-7-5-11(19-8(7)2)13(18)16-9-3-4-15-10(6-9)12(14)17;1-5-6(9)3-2-4-7(5)12-8(10)11/h3-4,6-8,11H,5H2,1-2H3,(H2,14,17)(H,15,16,18);2-4,8H,1H3. The highest BCUT2D eigenvalue weighted by molar-refractivity contribution is 5.96. The Morgan fingerprint density at radius 3 is 2.58 bits per heavy atom. The van der Waals surface area contributed by atoms with Crippen molar-refractivity contribution in [2.45, 2.75) is 46.0 Å². The lowest BCUT2D eigenvalue weighted by atomic mass is 10.0. The first-order valence-corrected chi connectivity index (χ1v) is 9.50. The fourth-order valence-electron chi connectivity index (χ4n) is 2.82. The number of pyridine rings is 1. The predicted octanol–water partition coefficient (Wildman–Crippen LogP) is 3.67. The number of anilines is 1. The number of halogens is 3. The number of primary amides is 1. The SMILES string of the molecule is CC1CC(C(=O)Nc2ccnc(C(N)=O)c2)OC1C.Cc1c(F)cccc1OC(F)F. The minimum atomic E-state index is -2.91. The van der Waals surface area contributed by atoms with Crippen molar-refractivity contribution >= 4 is 17.5 Å². The second kappa shape index (κ2) is 10.8. The summed E-state index contributed by atoms with van der Waals surface area (Å²) in [6.45, 7) is 2.48. The zero-order chi connectivity index (χ0) is 23.1. The van der Waals surface area contributed by atoms with Crippen LogP contribution in [0.4, 0.5) is 18.9 Å². The largest absolute Gasteiger partial charge is 0.434 e. The third-order valence-corrected chi connectivity index (χ3v) is 4.77. The fourth-order valence-corrected chi connectivity index (χ4v) is 2.82. The van der Waals surface area contributed by atoms with E-state index in [4.69, 9.17) is 10.5 Å². The number of nitrogens with one attached hydrogen (secondary N) is 1. The Hall–Kier alpha value is -3.14. The molecule has 3 rings (SSSR count). The molecule has 1 aliphatic rings. The Morgan fingerprint density at radius 1 is 1.29 bits per heavy atom. The minimum absolute atomic E-state index is 0.0781. The average molecular weight is 439 g/mol. The molecule has 1 aromatic heterocycles. The van der Waals surface area contributed by atoms with Crippen LogP contribution >= 0.6 is 0 Å². The van der Waals surface area contributed by atoms with Crippen LogP contribution in [-0.2, 0) is 9.53 Å². The van der Waals surface area contributed by atoms with Crippen LogP contribution in [0.1, 0.15) is 36.3 Å². The molecule has 1 fully saturated rings. The summed E-state index contributed by atoms with van der Waals surface area (Å²) >= 11 is 0. The molecule has 0 radical (unpaired) electrons. The zero-order valence-corrected chi connectivity index (χ0v) is 17.3. The van der Waals surface area contributed by atoms with Crippen molar-refractivity contribution in [3.05, 3.63) is 53.6 Å². The molecule has 2 amide bonds. The van der Waals surface area contributed by atoms with E-state index in [0.717, 1.165) is 0 Å². The zero-order valence-electron chi connectivity index (χ0n) is 17.3. The maximum atomic E-state index is 12.7. The highest BCUT2D eigenvalue weighted by Gasteiger charge is 2.33. The van der Waals surface area contributed by atoms with Crippen molar-refractivity contribution in [3.63, 3.8) is 0 Å². The Bertz CT molecular complexity index is 916. The Kier molecular flexibility index (Phi) is 8.38. The highest BCUT2D eigenvalue weighted by Crippen LogP contribution is 2.26. The van der Waals surface area contributed by atoms with Gasteiger partial charge in [0.15, 0.2) is 0 Å². The van der Waals surface area contributed by atoms with Gasteiger partial charge in [-0.05, 0) is 50.5 Å². The summed E-state index contributed by atoms with van der Waals surface area (Å²) in [6.07, 6.45) is 1.75. The van der Waals surface area contributed by atoms with Gasteiger partial charge in [-0.25, -0.2) is 4.39 Å². The third-order valence-electron chi connectivity index (χ3n) is 4.77. The average Bonchev–Trinajstić information content (AvgIpc) is 3.05. The van der Waals surface area contributed by atoms with E-state index in [1.54, 1.807) is 6.07 Å². The smallest absolute Gasteiger partial charge is 0.387 e. The van der Waals surface area contributed by atoms with Crippen LogP contribution in [0, 0.1) is 18.7 Å². The summed E-state index contributed by atoms with van der Waals surface area (Å²) < 4.78 is 45.7. The first-order chi connectivity index (χ1) is 14.6. The van der Waals surface area contributed by atoms with E-state index >= 15 is 0 Å². The fraction of sp³-hybridized carbons (Fsp3) is 0.381. The van der Waals surface area contributed by atoms with Gasteiger partial charge in [-0.3, -0.25) is 14.6 Å². The normalized spacial score (nSPS) is 20.0. The Labute approximate surface area is 177 Å². The van der Waals surface area contributed by atoms with Gasteiger partial charge >= 0.3 is 6.61 Å². The van der Waals surface area contributed by atoms with Crippen LogP contribution in [0.25, 0.3) is 0 Å². The van der Waals surface area contributed by atoms with Crippen LogP contribution in [0.15, 0.2) is 36.5 Å². The summed E-state index contributed by atoms with van der Waals surface area (Å²) in [7, 11) is 0. The lowest BCUT2D eigenvalue weighted by molar-refractivity contribution is -0.126. The number of carbonyl (C=O) groups excluding carboxylic acids is 2. The van der Waals surface area contributed by atoms with Crippen LogP contribution in [-0.4, -0.2) is 35.6 Å². The number of ether oxygens (including phenoxy) is 2. The molecule has 0 bridgehead atoms. The third kappa shape index (κ3) is 6.95. The van der Waals surface area contributed by atoms with Crippen molar-refractivity contribution in [1.82, 2.24) is 4.98 Å². The number of rotatable bonds is 5. The molecule has 168 valence electrons. The number of amides is 2. The van der Waals surface area contributed by atoms with Crippen molar-refractivity contribution in [2.24, 2.45) is 11.7 Å². The Balaban J connectivity index is 0.000000245. The molecular weight excluding hydrogens is 415 g/mol. The van der Waals surface area contributed by atoms with Gasteiger partial charge in [0.2, 0.25) is 0 Å². The van der Waals surface area contributed by atoms with Crippen molar-refractivity contribution in [1.29, 1.82) is 0 Å². The second-order valence-electron chi connectivity index (χ2n) is 7.07. The van der Waals surface area contributed by atoms with Crippen molar-refractivity contribution < 1.29 is 32.2 Å². The first-order valence-electron chi connectivity index (χ1n) is 9.50. The Morgan fingerprint density at radius 2 is 2.00 bits per heavy atom. The van der Waals surface area contributed by atoms with Gasteiger partial charge in [-0.2, -0.15) is 8.78 Å². The highest BCUT2D eigenvalue weighted by atomic mass is 19.3. The summed E-state index contributed by atoms with van der Waals surface area (Å²) in [5.41, 5.74) is 5.84. The number of benzene rings is 1. The number of nitrogens with two attached hydrogens (primary N) is 1. The quantitative estimate of drug-likeness (QED) is 0.740. The van der Waals surface area contributed by atoms with Crippen LogP contribution < -0.4 is 15.8 Å². The van der Waals surface area contributed by atoms with Crippen LogP contribution in [0.2, 0.25) is 0 Å². The number of aromatic nitrogens is 1. The van der Waals surface area contributed by atoms with E-state index in [1.165, 1.54) is 37.4 Å². The lowest BCUT2D eigenvalue weighted by Crippen LogP contribution is -2.28. The number of hydrogen-bond acceptors (Lipinski definition) is 5. The van der Waals surface area contributed by atoms with Gasteiger partial charge in [0.25, 0.3) is 11.8 Å². The topological polar surface area (TPSA) is 104 Å². The maximum Gasteiger partial charge on any atom is 0.387 e. The summed E-state index contributed by atoms with van der Waals surface area (Å²) in [6, 6.07) is 6.85. The molecule has 1 aliphatic heterocycles. The molecule has 0 aliphatic carbocycles. The van der Waals surface area contributed by atoms with Crippen molar-refractivity contribution in [3.8, 4) is 5.75 Å². The van der Waals surface area contributed by atoms with Gasteiger partial charge in [0, 0.05) is 17.4 Å². The second-order valence-corrected chi connectivity index (χ2v) is 7.07. The van der Waals surface area contributed by atoms with Gasteiger partial charge in [-0.1, -0.05) is 13.0 Å². The summed E-state index contributed by atoms with van der Waals surface area (Å²) in [5.74, 6) is -1.15. The molecule has 31 heavy (non-hydrogen) atoms. The van der Waals surface area contributed by atoms with Gasteiger partial charge < -0.3 is 20.5 Å². The summed E-state index contributed by atoms with van der Waals surface area (Å²) in [4.78, 5) is 26.8. The van der Waals surface area contributed by atoms with E-state index in [2.05, 4.69) is 22.0 Å². The van der Waals surface area contributed by atoms with E-state index in [1.807, 2.05) is 6.92 Å². The first kappa shape index (κ1) is 24.1. The molecule has 2 heterocycles. The molecule has 3 N–H and O–H groups in total. The van der Waals surface area contributed by atoms with Gasteiger partial charge in [0.1, 0.15) is 23.4 Å². The van der Waals surface area contributed by atoms with Crippen LogP contribution in [0.5, 0.6) is 5.75 Å². The molecule has 1 saturated heterocycles. The predicted molar refractivity (Wildman–Crippen MR) is 107 cm³/mol. The molecule has 2 aromatic rings. The number of carbonyl (C=O) groups is 2. The molecule has 3 atom stereocenters. The molecule has 0 spiro atoms. The summed E-state index contributed by atoms with van der Waals surface area (Å²) in [5, 5.41) is 2.71. The van der Waals surface area contributed by atoms with Gasteiger partial charge in [0.05, 0.1) is 6.10 Å². The van der Waals surface area contributed by atoms with Crippen molar-refractivity contribution in [2.75, 3.05) is 5.32 Å². The molecule has 7 nitrogen and oxygen atoms in total.